The molecule has 5 nitrogen and oxygen atoms in total. The SMILES string of the molecule is CC(CN1CCCCC1)NCCNC(=O)OC(C)(C)C. The van der Waals surface area contributed by atoms with Crippen LogP contribution in [0.1, 0.15) is 47.0 Å². The topological polar surface area (TPSA) is 53.6 Å². The molecule has 1 amide bonds. The summed E-state index contributed by atoms with van der Waals surface area (Å²) in [7, 11) is 0. The Bertz CT molecular complexity index is 283. The molecular formula is C15H31N3O2. The molecule has 5 heteroatoms. The number of nitrogens with one attached hydrogen (secondary N) is 2. The van der Waals surface area contributed by atoms with Crippen LogP contribution in [0.2, 0.25) is 0 Å². The van der Waals surface area contributed by atoms with Gasteiger partial charge in [0.25, 0.3) is 0 Å². The fraction of sp³-hybridized carbons (Fsp3) is 0.933. The van der Waals surface area contributed by atoms with E-state index in [1.54, 1.807) is 0 Å². The van der Waals surface area contributed by atoms with Crippen LogP contribution >= 0.6 is 0 Å². The van der Waals surface area contributed by atoms with Gasteiger partial charge in [0.15, 0.2) is 0 Å². The van der Waals surface area contributed by atoms with Crippen LogP contribution in [0.5, 0.6) is 0 Å². The van der Waals surface area contributed by atoms with Crippen molar-refractivity contribution in [2.24, 2.45) is 0 Å². The maximum absolute atomic E-state index is 11.5. The van der Waals surface area contributed by atoms with Crippen molar-refractivity contribution < 1.29 is 9.53 Å². The monoisotopic (exact) mass is 285 g/mol. The number of likely N-dealkylation sites (tertiary alicyclic amines) is 1. The maximum atomic E-state index is 11.5. The lowest BCUT2D eigenvalue weighted by molar-refractivity contribution is 0.0527. The van der Waals surface area contributed by atoms with Gasteiger partial charge in [-0.15, -0.1) is 0 Å². The number of nitrogens with zero attached hydrogens (tertiary/aromatic N) is 1. The Morgan fingerprint density at radius 2 is 1.85 bits per heavy atom. The van der Waals surface area contributed by atoms with Gasteiger partial charge in [-0.3, -0.25) is 0 Å². The quantitative estimate of drug-likeness (QED) is 0.733. The first kappa shape index (κ1) is 17.2. The zero-order valence-corrected chi connectivity index (χ0v) is 13.5. The third-order valence-corrected chi connectivity index (χ3v) is 3.27. The average molecular weight is 285 g/mol. The van der Waals surface area contributed by atoms with Gasteiger partial charge in [0, 0.05) is 25.7 Å². The number of rotatable bonds is 6. The third kappa shape index (κ3) is 8.38. The summed E-state index contributed by atoms with van der Waals surface area (Å²) >= 11 is 0. The molecule has 1 fully saturated rings. The maximum Gasteiger partial charge on any atom is 0.407 e. The summed E-state index contributed by atoms with van der Waals surface area (Å²) in [6.07, 6.45) is 3.68. The molecule has 1 saturated heterocycles. The molecule has 0 aromatic carbocycles. The molecule has 0 radical (unpaired) electrons. The molecule has 0 saturated carbocycles. The van der Waals surface area contributed by atoms with Crippen LogP contribution in [0, 0.1) is 0 Å². The number of hydrogen-bond donors (Lipinski definition) is 2. The molecule has 1 aliphatic rings. The van der Waals surface area contributed by atoms with Gasteiger partial charge >= 0.3 is 6.09 Å². The molecule has 0 aromatic heterocycles. The van der Waals surface area contributed by atoms with Crippen LogP contribution in [-0.2, 0) is 4.74 Å². The molecule has 0 spiro atoms. The normalized spacial score (nSPS) is 18.6. The number of ether oxygens (including phenoxy) is 1. The predicted octanol–water partition coefficient (Wildman–Crippen LogP) is 1.98. The highest BCUT2D eigenvalue weighted by atomic mass is 16.6. The zero-order chi connectivity index (χ0) is 15.0. The van der Waals surface area contributed by atoms with Gasteiger partial charge in [-0.2, -0.15) is 0 Å². The fourth-order valence-electron chi connectivity index (χ4n) is 2.39. The first-order valence-corrected chi connectivity index (χ1v) is 7.79. The minimum Gasteiger partial charge on any atom is -0.444 e. The van der Waals surface area contributed by atoms with E-state index in [0.29, 0.717) is 12.6 Å². The first-order chi connectivity index (χ1) is 9.37. The summed E-state index contributed by atoms with van der Waals surface area (Å²) in [6, 6.07) is 0.452. The fourth-order valence-corrected chi connectivity index (χ4v) is 2.39. The van der Waals surface area contributed by atoms with E-state index in [-0.39, 0.29) is 6.09 Å². The summed E-state index contributed by atoms with van der Waals surface area (Å²) in [4.78, 5) is 14.0. The Hall–Kier alpha value is -0.810. The Balaban J connectivity index is 2.03. The summed E-state index contributed by atoms with van der Waals surface area (Å²) in [5.74, 6) is 0. The van der Waals surface area contributed by atoms with Crippen LogP contribution in [0.25, 0.3) is 0 Å². The molecule has 0 bridgehead atoms. The Labute approximate surface area is 123 Å². The molecule has 1 rings (SSSR count). The minimum atomic E-state index is -0.431. The third-order valence-electron chi connectivity index (χ3n) is 3.27. The number of alkyl carbamates (subject to hydrolysis) is 1. The van der Waals surface area contributed by atoms with Gasteiger partial charge in [-0.25, -0.2) is 4.79 Å². The van der Waals surface area contributed by atoms with E-state index in [0.717, 1.165) is 13.1 Å². The van der Waals surface area contributed by atoms with Crippen LogP contribution in [0.3, 0.4) is 0 Å². The molecule has 1 heterocycles. The van der Waals surface area contributed by atoms with Crippen molar-refractivity contribution in [1.29, 1.82) is 0 Å². The van der Waals surface area contributed by atoms with Crippen molar-refractivity contribution in [3.63, 3.8) is 0 Å². The van der Waals surface area contributed by atoms with Gasteiger partial charge in [-0.1, -0.05) is 6.42 Å². The van der Waals surface area contributed by atoms with Crippen molar-refractivity contribution >= 4 is 6.09 Å². The van der Waals surface area contributed by atoms with Gasteiger partial charge < -0.3 is 20.3 Å². The van der Waals surface area contributed by atoms with E-state index in [2.05, 4.69) is 22.5 Å². The molecule has 1 aliphatic heterocycles. The smallest absolute Gasteiger partial charge is 0.407 e. The Morgan fingerprint density at radius 1 is 1.20 bits per heavy atom. The summed E-state index contributed by atoms with van der Waals surface area (Å²) < 4.78 is 5.18. The van der Waals surface area contributed by atoms with E-state index in [1.165, 1.54) is 32.4 Å². The van der Waals surface area contributed by atoms with Crippen LogP contribution in [-0.4, -0.2) is 55.4 Å². The highest BCUT2D eigenvalue weighted by Gasteiger charge is 2.16. The highest BCUT2D eigenvalue weighted by Crippen LogP contribution is 2.08. The first-order valence-electron chi connectivity index (χ1n) is 7.79. The van der Waals surface area contributed by atoms with Crippen molar-refractivity contribution in [2.45, 2.75) is 58.6 Å². The second kappa shape index (κ2) is 8.47. The van der Waals surface area contributed by atoms with Gasteiger partial charge in [0.2, 0.25) is 0 Å². The van der Waals surface area contributed by atoms with E-state index in [4.69, 9.17) is 4.74 Å². The van der Waals surface area contributed by atoms with Gasteiger partial charge in [-0.05, 0) is 53.6 Å². The summed E-state index contributed by atoms with van der Waals surface area (Å²) in [6.45, 7) is 12.7. The number of piperidine rings is 1. The molecule has 1 unspecified atom stereocenters. The van der Waals surface area contributed by atoms with E-state index < -0.39 is 5.60 Å². The molecule has 0 aromatic rings. The van der Waals surface area contributed by atoms with Crippen LogP contribution in [0.15, 0.2) is 0 Å². The summed E-state index contributed by atoms with van der Waals surface area (Å²) in [5, 5.41) is 6.20. The lowest BCUT2D eigenvalue weighted by Crippen LogP contribution is -2.44. The number of carbonyl (C=O) groups is 1. The van der Waals surface area contributed by atoms with Crippen LogP contribution < -0.4 is 10.6 Å². The van der Waals surface area contributed by atoms with Crippen molar-refractivity contribution in [3.8, 4) is 0 Å². The number of carbonyl (C=O) groups excluding carboxylic acids is 1. The van der Waals surface area contributed by atoms with Crippen molar-refractivity contribution in [2.75, 3.05) is 32.7 Å². The van der Waals surface area contributed by atoms with Gasteiger partial charge in [0.1, 0.15) is 5.60 Å². The van der Waals surface area contributed by atoms with Crippen molar-refractivity contribution in [1.82, 2.24) is 15.5 Å². The average Bonchev–Trinajstić information content (AvgIpc) is 2.34. The van der Waals surface area contributed by atoms with E-state index >= 15 is 0 Å². The molecule has 0 aliphatic carbocycles. The molecule has 1 atom stereocenters. The molecule has 2 N–H and O–H groups in total. The Morgan fingerprint density at radius 3 is 2.45 bits per heavy atom. The lowest BCUT2D eigenvalue weighted by Gasteiger charge is -2.29. The predicted molar refractivity (Wildman–Crippen MR) is 82.0 cm³/mol. The Kier molecular flexibility index (Phi) is 7.30. The van der Waals surface area contributed by atoms with Crippen LogP contribution in [0.4, 0.5) is 4.79 Å². The van der Waals surface area contributed by atoms with Crippen molar-refractivity contribution in [3.05, 3.63) is 0 Å². The zero-order valence-electron chi connectivity index (χ0n) is 13.5. The molecule has 118 valence electrons. The molecular weight excluding hydrogens is 254 g/mol. The standard InChI is InChI=1S/C15H31N3O2/c1-13(12-18-10-6-5-7-11-18)16-8-9-17-14(19)20-15(2,3)4/h13,16H,5-12H2,1-4H3,(H,17,19). The summed E-state index contributed by atoms with van der Waals surface area (Å²) in [5.41, 5.74) is -0.431. The largest absolute Gasteiger partial charge is 0.444 e. The highest BCUT2D eigenvalue weighted by molar-refractivity contribution is 5.67. The number of hydrogen-bond acceptors (Lipinski definition) is 4. The van der Waals surface area contributed by atoms with E-state index in [9.17, 15) is 4.79 Å². The van der Waals surface area contributed by atoms with Gasteiger partial charge in [0.05, 0.1) is 0 Å². The second-order valence-electron chi connectivity index (χ2n) is 6.65. The van der Waals surface area contributed by atoms with E-state index in [1.807, 2.05) is 20.8 Å². The second-order valence-corrected chi connectivity index (χ2v) is 6.65. The molecule has 20 heavy (non-hydrogen) atoms. The minimum absolute atomic E-state index is 0.344. The number of amides is 1. The lowest BCUT2D eigenvalue weighted by atomic mass is 10.1.